The highest BCUT2D eigenvalue weighted by atomic mass is 16.5. The predicted molar refractivity (Wildman–Crippen MR) is 56.6 cm³/mol. The molecule has 0 saturated heterocycles. The Labute approximate surface area is 82.0 Å². The normalized spacial score (nSPS) is 8.23. The van der Waals surface area contributed by atoms with Gasteiger partial charge in [0.2, 0.25) is 0 Å². The van der Waals surface area contributed by atoms with Crippen LogP contribution in [0.3, 0.4) is 0 Å². The predicted octanol–water partition coefficient (Wildman–Crippen LogP) is 3.32. The Balaban J connectivity index is 0. The molecule has 0 saturated carbocycles. The molecular weight excluding hydrogens is 164 g/mol. The molecule has 0 aromatic carbocycles. The van der Waals surface area contributed by atoms with Crippen molar-refractivity contribution in [2.45, 2.75) is 46.5 Å². The minimum Gasteiger partial charge on any atom is -0.465 e. The lowest BCUT2D eigenvalue weighted by Crippen LogP contribution is -2.04. The Morgan fingerprint density at radius 2 is 2.08 bits per heavy atom. The van der Waals surface area contributed by atoms with E-state index in [1.165, 1.54) is 0 Å². The van der Waals surface area contributed by atoms with Gasteiger partial charge in [-0.1, -0.05) is 33.3 Å². The molecular formula is C11H22O2. The summed E-state index contributed by atoms with van der Waals surface area (Å²) in [4.78, 5) is 10.8. The van der Waals surface area contributed by atoms with Crippen molar-refractivity contribution >= 4 is 5.97 Å². The quantitative estimate of drug-likeness (QED) is 0.361. The molecule has 13 heavy (non-hydrogen) atoms. The summed E-state index contributed by atoms with van der Waals surface area (Å²) in [5, 5.41) is 0. The minimum absolute atomic E-state index is 0.0892. The second kappa shape index (κ2) is 13.8. The van der Waals surface area contributed by atoms with Gasteiger partial charge in [-0.05, 0) is 12.8 Å². The lowest BCUT2D eigenvalue weighted by molar-refractivity contribution is -0.143. The van der Waals surface area contributed by atoms with E-state index in [1.54, 1.807) is 6.08 Å². The molecule has 0 bridgehead atoms. The maximum Gasteiger partial charge on any atom is 0.305 e. The van der Waals surface area contributed by atoms with Crippen molar-refractivity contribution in [2.75, 3.05) is 6.61 Å². The lowest BCUT2D eigenvalue weighted by atomic mass is 10.2. The molecule has 0 unspecified atom stereocenters. The Hall–Kier alpha value is -0.790. The summed E-state index contributed by atoms with van der Waals surface area (Å²) in [6.45, 7) is 10.1. The lowest BCUT2D eigenvalue weighted by Gasteiger charge is -2.00. The zero-order chi connectivity index (χ0) is 10.5. The van der Waals surface area contributed by atoms with E-state index in [-0.39, 0.29) is 5.97 Å². The number of unbranched alkanes of at least 4 members (excludes halogenated alkanes) is 1. The van der Waals surface area contributed by atoms with Crippen molar-refractivity contribution in [1.82, 2.24) is 0 Å². The smallest absolute Gasteiger partial charge is 0.305 e. The van der Waals surface area contributed by atoms with E-state index in [4.69, 9.17) is 4.74 Å². The minimum atomic E-state index is -0.0892. The first-order valence-electron chi connectivity index (χ1n) is 5.07. The van der Waals surface area contributed by atoms with Crippen LogP contribution in [0.15, 0.2) is 12.7 Å². The van der Waals surface area contributed by atoms with E-state index >= 15 is 0 Å². The number of rotatable bonds is 6. The first-order chi connectivity index (χ1) is 6.31. The number of ether oxygens (including phenoxy) is 1. The molecule has 2 nitrogen and oxygen atoms in total. The molecule has 2 heteroatoms. The number of hydrogen-bond acceptors (Lipinski definition) is 2. The molecule has 0 amide bonds. The van der Waals surface area contributed by atoms with Crippen LogP contribution in [0.2, 0.25) is 0 Å². The highest BCUT2D eigenvalue weighted by Gasteiger charge is 1.99. The van der Waals surface area contributed by atoms with E-state index in [1.807, 2.05) is 13.8 Å². The van der Waals surface area contributed by atoms with Gasteiger partial charge in [-0.15, -0.1) is 6.58 Å². The van der Waals surface area contributed by atoms with Crippen LogP contribution in [0.1, 0.15) is 46.5 Å². The maximum absolute atomic E-state index is 10.8. The van der Waals surface area contributed by atoms with Crippen LogP contribution < -0.4 is 0 Å². The Bertz CT molecular complexity index is 119. The third-order valence-corrected chi connectivity index (χ3v) is 1.32. The highest BCUT2D eigenvalue weighted by molar-refractivity contribution is 5.69. The summed E-state index contributed by atoms with van der Waals surface area (Å²) in [5.74, 6) is -0.0892. The Morgan fingerprint density at radius 3 is 2.54 bits per heavy atom. The van der Waals surface area contributed by atoms with Crippen LogP contribution in [0.25, 0.3) is 0 Å². The fourth-order valence-corrected chi connectivity index (χ4v) is 0.649. The molecule has 0 aromatic heterocycles. The standard InChI is InChI=1S/C9H16O2.C2H6/c1-3-5-7-9(10)11-8-6-4-2;1-2/h4H,2-3,5-8H2,1H3;1-2H3. The largest absolute Gasteiger partial charge is 0.465 e. The van der Waals surface area contributed by atoms with Gasteiger partial charge < -0.3 is 4.74 Å². The average molecular weight is 186 g/mol. The molecule has 0 N–H and O–H groups in total. The summed E-state index contributed by atoms with van der Waals surface area (Å²) in [6, 6.07) is 0. The first-order valence-corrected chi connectivity index (χ1v) is 5.07. The van der Waals surface area contributed by atoms with Crippen molar-refractivity contribution in [2.24, 2.45) is 0 Å². The molecule has 0 spiro atoms. The fourth-order valence-electron chi connectivity index (χ4n) is 0.649. The summed E-state index contributed by atoms with van der Waals surface area (Å²) in [5.41, 5.74) is 0. The van der Waals surface area contributed by atoms with Gasteiger partial charge in [0.05, 0.1) is 6.61 Å². The van der Waals surface area contributed by atoms with Gasteiger partial charge in [-0.3, -0.25) is 4.79 Å². The maximum atomic E-state index is 10.8. The monoisotopic (exact) mass is 186 g/mol. The van der Waals surface area contributed by atoms with Crippen LogP contribution in [-0.2, 0) is 9.53 Å². The fraction of sp³-hybridized carbons (Fsp3) is 0.727. The summed E-state index contributed by atoms with van der Waals surface area (Å²) < 4.78 is 4.87. The second-order valence-electron chi connectivity index (χ2n) is 2.40. The van der Waals surface area contributed by atoms with Gasteiger partial charge in [-0.25, -0.2) is 0 Å². The van der Waals surface area contributed by atoms with E-state index in [0.29, 0.717) is 13.0 Å². The van der Waals surface area contributed by atoms with Crippen molar-refractivity contribution in [3.05, 3.63) is 12.7 Å². The van der Waals surface area contributed by atoms with Crippen molar-refractivity contribution < 1.29 is 9.53 Å². The van der Waals surface area contributed by atoms with Crippen molar-refractivity contribution in [3.63, 3.8) is 0 Å². The molecule has 0 aliphatic carbocycles. The molecule has 0 heterocycles. The molecule has 0 aromatic rings. The van der Waals surface area contributed by atoms with E-state index < -0.39 is 0 Å². The molecule has 0 atom stereocenters. The van der Waals surface area contributed by atoms with Gasteiger partial charge >= 0.3 is 5.97 Å². The van der Waals surface area contributed by atoms with Crippen LogP contribution in [-0.4, -0.2) is 12.6 Å². The third kappa shape index (κ3) is 14.1. The molecule has 0 aliphatic heterocycles. The molecule has 0 aliphatic rings. The van der Waals surface area contributed by atoms with Crippen LogP contribution in [0.4, 0.5) is 0 Å². The zero-order valence-electron chi connectivity index (χ0n) is 9.14. The van der Waals surface area contributed by atoms with E-state index in [9.17, 15) is 4.79 Å². The van der Waals surface area contributed by atoms with E-state index in [2.05, 4.69) is 13.5 Å². The first kappa shape index (κ1) is 14.7. The van der Waals surface area contributed by atoms with Gasteiger partial charge in [0.15, 0.2) is 0 Å². The molecule has 0 radical (unpaired) electrons. The topological polar surface area (TPSA) is 26.3 Å². The zero-order valence-corrected chi connectivity index (χ0v) is 9.14. The summed E-state index contributed by atoms with van der Waals surface area (Å²) in [7, 11) is 0. The second-order valence-corrected chi connectivity index (χ2v) is 2.40. The summed E-state index contributed by atoms with van der Waals surface area (Å²) >= 11 is 0. The van der Waals surface area contributed by atoms with Gasteiger partial charge in [0.1, 0.15) is 0 Å². The van der Waals surface area contributed by atoms with Crippen molar-refractivity contribution in [1.29, 1.82) is 0 Å². The number of hydrogen-bond donors (Lipinski definition) is 0. The van der Waals surface area contributed by atoms with Crippen molar-refractivity contribution in [3.8, 4) is 0 Å². The van der Waals surface area contributed by atoms with Gasteiger partial charge in [0.25, 0.3) is 0 Å². The third-order valence-electron chi connectivity index (χ3n) is 1.32. The molecule has 0 fully saturated rings. The number of esters is 1. The van der Waals surface area contributed by atoms with Crippen LogP contribution in [0.5, 0.6) is 0 Å². The van der Waals surface area contributed by atoms with Gasteiger partial charge in [-0.2, -0.15) is 0 Å². The Morgan fingerprint density at radius 1 is 1.46 bits per heavy atom. The molecule has 78 valence electrons. The average Bonchev–Trinajstić information content (AvgIpc) is 2.18. The highest BCUT2D eigenvalue weighted by Crippen LogP contribution is 1.96. The summed E-state index contributed by atoms with van der Waals surface area (Å²) in [6.07, 6.45) is 5.00. The van der Waals surface area contributed by atoms with Crippen LogP contribution >= 0.6 is 0 Å². The van der Waals surface area contributed by atoms with E-state index in [0.717, 1.165) is 19.3 Å². The van der Waals surface area contributed by atoms with Gasteiger partial charge in [0, 0.05) is 6.42 Å². The van der Waals surface area contributed by atoms with Crippen LogP contribution in [0, 0.1) is 0 Å². The Kier molecular flexibility index (Phi) is 15.6. The number of carbonyl (C=O) groups excluding carboxylic acids is 1. The SMILES string of the molecule is C=CCCOC(=O)CCCC.CC. The number of carbonyl (C=O) groups is 1. The molecule has 0 rings (SSSR count).